The summed E-state index contributed by atoms with van der Waals surface area (Å²) in [5.74, 6) is 1.59. The molecule has 0 bridgehead atoms. The van der Waals surface area contributed by atoms with Gasteiger partial charge in [0.2, 0.25) is 5.91 Å². The third kappa shape index (κ3) is 3.49. The second kappa shape index (κ2) is 6.66. The van der Waals surface area contributed by atoms with Gasteiger partial charge in [-0.15, -0.1) is 11.3 Å². The van der Waals surface area contributed by atoms with E-state index in [4.69, 9.17) is 4.74 Å². The van der Waals surface area contributed by atoms with Crippen molar-refractivity contribution in [3.8, 4) is 5.75 Å². The van der Waals surface area contributed by atoms with Crippen LogP contribution in [0.4, 0.5) is 0 Å². The molecule has 3 rings (SSSR count). The minimum Gasteiger partial charge on any atom is -0.494 e. The monoisotopic (exact) mass is 322 g/mol. The number of thioether (sulfide) groups is 1. The molecule has 0 unspecified atom stereocenters. The minimum absolute atomic E-state index is 0.228. The molecule has 1 aromatic carbocycles. The SMILES string of the molecule is CCOc1ccc2nc(SCC(=O)N3CCCC3)sc2c1. The maximum absolute atomic E-state index is 12.0. The van der Waals surface area contributed by atoms with Crippen molar-refractivity contribution in [2.24, 2.45) is 0 Å². The van der Waals surface area contributed by atoms with E-state index in [1.807, 2.05) is 30.0 Å². The topological polar surface area (TPSA) is 42.4 Å². The van der Waals surface area contributed by atoms with Crippen molar-refractivity contribution in [3.63, 3.8) is 0 Å². The zero-order chi connectivity index (χ0) is 14.7. The largest absolute Gasteiger partial charge is 0.494 e. The Morgan fingerprint density at radius 1 is 1.43 bits per heavy atom. The predicted molar refractivity (Wildman–Crippen MR) is 87.3 cm³/mol. The first kappa shape index (κ1) is 14.7. The standard InChI is InChI=1S/C15H18N2O2S2/c1-2-19-11-5-6-12-13(9-11)21-15(16-12)20-10-14(18)17-7-3-4-8-17/h5-6,9H,2-4,7-8,10H2,1H3. The molecule has 0 spiro atoms. The molecule has 1 saturated heterocycles. The van der Waals surface area contributed by atoms with Crippen LogP contribution >= 0.6 is 23.1 Å². The highest BCUT2D eigenvalue weighted by Crippen LogP contribution is 2.32. The molecule has 6 heteroatoms. The van der Waals surface area contributed by atoms with Gasteiger partial charge in [-0.2, -0.15) is 0 Å². The summed E-state index contributed by atoms with van der Waals surface area (Å²) in [6.45, 7) is 4.46. The van der Waals surface area contributed by atoms with E-state index in [1.165, 1.54) is 11.8 Å². The van der Waals surface area contributed by atoms with E-state index < -0.39 is 0 Å². The summed E-state index contributed by atoms with van der Waals surface area (Å²) in [5.41, 5.74) is 0.972. The summed E-state index contributed by atoms with van der Waals surface area (Å²) in [4.78, 5) is 18.6. The maximum atomic E-state index is 12.0. The molecule has 1 amide bonds. The van der Waals surface area contributed by atoms with E-state index in [1.54, 1.807) is 11.3 Å². The van der Waals surface area contributed by atoms with E-state index in [0.717, 1.165) is 46.2 Å². The van der Waals surface area contributed by atoms with Crippen LogP contribution in [-0.2, 0) is 4.79 Å². The van der Waals surface area contributed by atoms with Gasteiger partial charge in [-0.05, 0) is 38.0 Å². The molecule has 0 saturated carbocycles. The number of ether oxygens (including phenoxy) is 1. The van der Waals surface area contributed by atoms with Crippen molar-refractivity contribution in [2.45, 2.75) is 24.1 Å². The maximum Gasteiger partial charge on any atom is 0.233 e. The summed E-state index contributed by atoms with van der Waals surface area (Å²) in [6.07, 6.45) is 2.27. The third-order valence-corrected chi connectivity index (χ3v) is 5.58. The lowest BCUT2D eigenvalue weighted by Crippen LogP contribution is -2.29. The Bertz CT molecular complexity index is 636. The number of amides is 1. The van der Waals surface area contributed by atoms with Crippen LogP contribution in [0.2, 0.25) is 0 Å². The number of likely N-dealkylation sites (tertiary alicyclic amines) is 1. The molecule has 1 aliphatic rings. The Hall–Kier alpha value is -1.27. The zero-order valence-corrected chi connectivity index (χ0v) is 13.6. The van der Waals surface area contributed by atoms with Crippen LogP contribution in [0.3, 0.4) is 0 Å². The van der Waals surface area contributed by atoms with Gasteiger partial charge in [0.15, 0.2) is 4.34 Å². The van der Waals surface area contributed by atoms with Crippen LogP contribution in [0, 0.1) is 0 Å². The fourth-order valence-corrected chi connectivity index (χ4v) is 4.38. The minimum atomic E-state index is 0.228. The van der Waals surface area contributed by atoms with E-state index >= 15 is 0 Å². The van der Waals surface area contributed by atoms with Gasteiger partial charge in [0.1, 0.15) is 5.75 Å². The number of hydrogen-bond acceptors (Lipinski definition) is 5. The molecule has 112 valence electrons. The number of benzene rings is 1. The molecule has 4 nitrogen and oxygen atoms in total. The van der Waals surface area contributed by atoms with Crippen LogP contribution in [0.1, 0.15) is 19.8 Å². The summed E-state index contributed by atoms with van der Waals surface area (Å²) in [7, 11) is 0. The lowest BCUT2D eigenvalue weighted by molar-refractivity contribution is -0.127. The second-order valence-corrected chi connectivity index (χ2v) is 7.17. The van der Waals surface area contributed by atoms with Gasteiger partial charge in [0.05, 0.1) is 22.6 Å². The average molecular weight is 322 g/mol. The second-order valence-electron chi connectivity index (χ2n) is 4.92. The quantitative estimate of drug-likeness (QED) is 0.791. The Morgan fingerprint density at radius 2 is 2.24 bits per heavy atom. The number of aromatic nitrogens is 1. The molecular weight excluding hydrogens is 304 g/mol. The van der Waals surface area contributed by atoms with Crippen LogP contribution in [0.25, 0.3) is 10.2 Å². The molecule has 1 fully saturated rings. The highest BCUT2D eigenvalue weighted by molar-refractivity contribution is 8.01. The first-order chi connectivity index (χ1) is 10.3. The first-order valence-corrected chi connectivity index (χ1v) is 9.00. The van der Waals surface area contributed by atoms with Crippen LogP contribution < -0.4 is 4.74 Å². The van der Waals surface area contributed by atoms with Crippen molar-refractivity contribution in [3.05, 3.63) is 18.2 Å². The smallest absolute Gasteiger partial charge is 0.233 e. The lowest BCUT2D eigenvalue weighted by atomic mass is 10.3. The predicted octanol–water partition coefficient (Wildman–Crippen LogP) is 3.41. The summed E-state index contributed by atoms with van der Waals surface area (Å²) in [6, 6.07) is 5.93. The molecule has 0 aliphatic carbocycles. The van der Waals surface area contributed by atoms with Crippen molar-refractivity contribution in [1.82, 2.24) is 9.88 Å². The summed E-state index contributed by atoms with van der Waals surface area (Å²) < 4.78 is 7.56. The van der Waals surface area contributed by atoms with Gasteiger partial charge in [0, 0.05) is 13.1 Å². The number of fused-ring (bicyclic) bond motifs is 1. The van der Waals surface area contributed by atoms with Gasteiger partial charge in [-0.3, -0.25) is 4.79 Å². The Labute approximate surface area is 132 Å². The fourth-order valence-electron chi connectivity index (χ4n) is 2.38. The van der Waals surface area contributed by atoms with E-state index in [-0.39, 0.29) is 5.91 Å². The van der Waals surface area contributed by atoms with Crippen molar-refractivity contribution in [2.75, 3.05) is 25.4 Å². The molecule has 0 atom stereocenters. The number of hydrogen-bond donors (Lipinski definition) is 0. The van der Waals surface area contributed by atoms with Crippen molar-refractivity contribution < 1.29 is 9.53 Å². The van der Waals surface area contributed by atoms with E-state index in [9.17, 15) is 4.79 Å². The lowest BCUT2D eigenvalue weighted by Gasteiger charge is -2.13. The number of nitrogens with zero attached hydrogens (tertiary/aromatic N) is 2. The van der Waals surface area contributed by atoms with Crippen molar-refractivity contribution in [1.29, 1.82) is 0 Å². The first-order valence-electron chi connectivity index (χ1n) is 7.20. The highest BCUT2D eigenvalue weighted by atomic mass is 32.2. The van der Waals surface area contributed by atoms with Crippen molar-refractivity contribution >= 4 is 39.2 Å². The van der Waals surface area contributed by atoms with Gasteiger partial charge < -0.3 is 9.64 Å². The highest BCUT2D eigenvalue weighted by Gasteiger charge is 2.18. The molecule has 1 aromatic heterocycles. The van der Waals surface area contributed by atoms with Gasteiger partial charge in [-0.25, -0.2) is 4.98 Å². The van der Waals surface area contributed by atoms with Crippen LogP contribution in [0.15, 0.2) is 22.5 Å². The van der Waals surface area contributed by atoms with E-state index in [0.29, 0.717) is 12.4 Å². The molecular formula is C15H18N2O2S2. The number of thiazole rings is 1. The molecule has 0 radical (unpaired) electrons. The molecule has 0 N–H and O–H groups in total. The number of carbonyl (C=O) groups excluding carboxylic acids is 1. The number of carbonyl (C=O) groups is 1. The fraction of sp³-hybridized carbons (Fsp3) is 0.467. The Morgan fingerprint density at radius 3 is 3.00 bits per heavy atom. The Kier molecular flexibility index (Phi) is 4.65. The normalized spacial score (nSPS) is 14.8. The van der Waals surface area contributed by atoms with Crippen LogP contribution in [-0.4, -0.2) is 41.2 Å². The van der Waals surface area contributed by atoms with Gasteiger partial charge in [-0.1, -0.05) is 11.8 Å². The molecule has 2 aromatic rings. The average Bonchev–Trinajstić information content (AvgIpc) is 3.13. The third-order valence-electron chi connectivity index (χ3n) is 3.43. The summed E-state index contributed by atoms with van der Waals surface area (Å²) in [5, 5.41) is 0. The van der Waals surface area contributed by atoms with E-state index in [2.05, 4.69) is 4.98 Å². The molecule has 1 aliphatic heterocycles. The van der Waals surface area contributed by atoms with Gasteiger partial charge >= 0.3 is 0 Å². The van der Waals surface area contributed by atoms with Gasteiger partial charge in [0.25, 0.3) is 0 Å². The van der Waals surface area contributed by atoms with Crippen LogP contribution in [0.5, 0.6) is 5.75 Å². The molecule has 2 heterocycles. The summed E-state index contributed by atoms with van der Waals surface area (Å²) >= 11 is 3.16. The zero-order valence-electron chi connectivity index (χ0n) is 12.0. The molecule has 21 heavy (non-hydrogen) atoms. The number of rotatable bonds is 5. The Balaban J connectivity index is 1.65.